The number of aryl methyl sites for hydroxylation is 2. The fourth-order valence-corrected chi connectivity index (χ4v) is 5.38. The Labute approximate surface area is 162 Å². The third-order valence-electron chi connectivity index (χ3n) is 5.54. The molecule has 5 rings (SSSR count). The first-order valence-corrected chi connectivity index (χ1v) is 10.6. The number of nitrogens with one attached hydrogen (secondary N) is 2. The van der Waals surface area contributed by atoms with Gasteiger partial charge in [-0.25, -0.2) is 9.97 Å². The Hall–Kier alpha value is -1.96. The first-order chi connectivity index (χ1) is 13.3. The lowest BCUT2D eigenvalue weighted by Crippen LogP contribution is -3.12. The van der Waals surface area contributed by atoms with Crippen LogP contribution in [-0.2, 0) is 24.1 Å². The monoisotopic (exact) mass is 385 g/mol. The molecule has 1 aliphatic heterocycles. The molecule has 6 nitrogen and oxygen atoms in total. The summed E-state index contributed by atoms with van der Waals surface area (Å²) >= 11 is 1.85. The van der Waals surface area contributed by atoms with E-state index in [0.717, 1.165) is 61.5 Å². The van der Waals surface area contributed by atoms with Gasteiger partial charge in [-0.05, 0) is 43.9 Å². The Kier molecular flexibility index (Phi) is 4.59. The smallest absolute Gasteiger partial charge is 0.187 e. The lowest BCUT2D eigenvalue weighted by molar-refractivity contribution is -0.922. The van der Waals surface area contributed by atoms with Crippen molar-refractivity contribution in [3.05, 3.63) is 40.4 Å². The number of ether oxygens (including phenoxy) is 1. The number of nitrogens with zero attached hydrogens (tertiary/aromatic N) is 2. The maximum atomic E-state index is 5.58. The van der Waals surface area contributed by atoms with Gasteiger partial charge in [0.15, 0.2) is 5.82 Å². The quantitative estimate of drug-likeness (QED) is 0.706. The number of hydrogen-bond acceptors (Lipinski definition) is 6. The molecule has 1 aliphatic carbocycles. The van der Waals surface area contributed by atoms with Gasteiger partial charge in [-0.3, -0.25) is 0 Å². The Morgan fingerprint density at radius 2 is 2.15 bits per heavy atom. The highest BCUT2D eigenvalue weighted by atomic mass is 32.1. The second-order valence-corrected chi connectivity index (χ2v) is 8.53. The molecular formula is C20H25N4O2S+. The molecule has 0 amide bonds. The zero-order valence-electron chi connectivity index (χ0n) is 15.6. The van der Waals surface area contributed by atoms with Crippen LogP contribution in [0.1, 0.15) is 41.4 Å². The second-order valence-electron chi connectivity index (χ2n) is 7.45. The van der Waals surface area contributed by atoms with Crippen LogP contribution < -0.4 is 10.2 Å². The van der Waals surface area contributed by atoms with E-state index in [9.17, 15) is 0 Å². The van der Waals surface area contributed by atoms with Crippen molar-refractivity contribution in [1.29, 1.82) is 0 Å². The van der Waals surface area contributed by atoms with Crippen molar-refractivity contribution in [3.63, 3.8) is 0 Å². The summed E-state index contributed by atoms with van der Waals surface area (Å²) < 4.78 is 11.1. The summed E-state index contributed by atoms with van der Waals surface area (Å²) in [5.74, 6) is 2.81. The van der Waals surface area contributed by atoms with Crippen LogP contribution in [0.25, 0.3) is 10.2 Å². The standard InChI is InChI=1S/C20H24N4O2S/c1-13(15-5-3-9-26-15)21-19-18-14-4-2-6-16(14)27-20(18)23-17(22-19)12-24-7-10-25-11-8-24/h3,5,9,13H,2,4,6-8,10-12H2,1H3,(H,21,22,23)/p+1/t13-/m1/s1. The largest absolute Gasteiger partial charge is 0.467 e. The third-order valence-corrected chi connectivity index (χ3v) is 6.73. The summed E-state index contributed by atoms with van der Waals surface area (Å²) in [7, 11) is 0. The second kappa shape index (κ2) is 7.22. The number of hydrogen-bond donors (Lipinski definition) is 2. The van der Waals surface area contributed by atoms with Crippen molar-refractivity contribution in [2.24, 2.45) is 0 Å². The third kappa shape index (κ3) is 3.35. The van der Waals surface area contributed by atoms with Gasteiger partial charge in [0.05, 0.1) is 30.9 Å². The molecule has 7 heteroatoms. The van der Waals surface area contributed by atoms with E-state index in [1.165, 1.54) is 33.6 Å². The van der Waals surface area contributed by atoms with Gasteiger partial charge in [0.25, 0.3) is 0 Å². The molecule has 4 heterocycles. The average molecular weight is 386 g/mol. The Morgan fingerprint density at radius 1 is 1.26 bits per heavy atom. The van der Waals surface area contributed by atoms with E-state index < -0.39 is 0 Å². The molecule has 0 radical (unpaired) electrons. The molecule has 1 atom stereocenters. The van der Waals surface area contributed by atoms with E-state index in [4.69, 9.17) is 19.1 Å². The maximum Gasteiger partial charge on any atom is 0.187 e. The molecule has 2 aliphatic rings. The fraction of sp³-hybridized carbons (Fsp3) is 0.500. The molecule has 27 heavy (non-hydrogen) atoms. The van der Waals surface area contributed by atoms with Crippen LogP contribution in [0.3, 0.4) is 0 Å². The molecule has 1 saturated heterocycles. The molecule has 3 aromatic rings. The lowest BCUT2D eigenvalue weighted by Gasteiger charge is -2.23. The number of fused-ring (bicyclic) bond motifs is 3. The highest BCUT2D eigenvalue weighted by molar-refractivity contribution is 7.19. The number of morpholine rings is 1. The van der Waals surface area contributed by atoms with Crippen LogP contribution in [0.2, 0.25) is 0 Å². The molecule has 1 fully saturated rings. The number of furan rings is 1. The predicted molar refractivity (Wildman–Crippen MR) is 105 cm³/mol. The van der Waals surface area contributed by atoms with E-state index in [-0.39, 0.29) is 6.04 Å². The van der Waals surface area contributed by atoms with E-state index >= 15 is 0 Å². The normalized spacial score (nSPS) is 18.7. The minimum Gasteiger partial charge on any atom is -0.467 e. The Balaban J connectivity index is 1.51. The number of aromatic nitrogens is 2. The lowest BCUT2D eigenvalue weighted by atomic mass is 10.1. The van der Waals surface area contributed by atoms with Crippen molar-refractivity contribution in [2.75, 3.05) is 31.6 Å². The van der Waals surface area contributed by atoms with Crippen LogP contribution in [0.5, 0.6) is 0 Å². The van der Waals surface area contributed by atoms with Gasteiger partial charge < -0.3 is 19.4 Å². The van der Waals surface area contributed by atoms with Crippen molar-refractivity contribution in [2.45, 2.75) is 38.8 Å². The molecule has 3 aromatic heterocycles. The van der Waals surface area contributed by atoms with Gasteiger partial charge in [-0.1, -0.05) is 0 Å². The first-order valence-electron chi connectivity index (χ1n) is 9.80. The number of anilines is 1. The van der Waals surface area contributed by atoms with E-state index in [2.05, 4.69) is 12.2 Å². The van der Waals surface area contributed by atoms with E-state index in [1.807, 2.05) is 23.5 Å². The summed E-state index contributed by atoms with van der Waals surface area (Å²) in [4.78, 5) is 14.0. The van der Waals surface area contributed by atoms with E-state index in [1.54, 1.807) is 6.26 Å². The van der Waals surface area contributed by atoms with Gasteiger partial charge in [-0.2, -0.15) is 0 Å². The van der Waals surface area contributed by atoms with Gasteiger partial charge >= 0.3 is 0 Å². The molecule has 0 saturated carbocycles. The molecule has 0 bridgehead atoms. The van der Waals surface area contributed by atoms with Crippen LogP contribution in [0, 0.1) is 0 Å². The van der Waals surface area contributed by atoms with Crippen molar-refractivity contribution < 1.29 is 14.1 Å². The summed E-state index contributed by atoms with van der Waals surface area (Å²) in [6, 6.07) is 4.00. The highest BCUT2D eigenvalue weighted by Crippen LogP contribution is 2.40. The maximum absolute atomic E-state index is 5.58. The fourth-order valence-electron chi connectivity index (χ4n) is 4.10. The van der Waals surface area contributed by atoms with Crippen LogP contribution >= 0.6 is 11.3 Å². The summed E-state index contributed by atoms with van der Waals surface area (Å²) in [6.07, 6.45) is 5.27. The van der Waals surface area contributed by atoms with Gasteiger partial charge in [0, 0.05) is 4.88 Å². The molecule has 0 spiro atoms. The van der Waals surface area contributed by atoms with E-state index in [0.29, 0.717) is 0 Å². The molecule has 0 aromatic carbocycles. The number of quaternary nitrogens is 1. The van der Waals surface area contributed by atoms with Gasteiger partial charge in [0.1, 0.15) is 36.0 Å². The number of thiophene rings is 1. The van der Waals surface area contributed by atoms with Crippen LogP contribution in [0.15, 0.2) is 22.8 Å². The topological polar surface area (TPSA) is 64.6 Å². The highest BCUT2D eigenvalue weighted by Gasteiger charge is 2.25. The first kappa shape index (κ1) is 17.2. The van der Waals surface area contributed by atoms with Crippen LogP contribution in [-0.4, -0.2) is 36.3 Å². The minimum absolute atomic E-state index is 0.0682. The zero-order chi connectivity index (χ0) is 18.2. The van der Waals surface area contributed by atoms with Gasteiger partial charge in [-0.15, -0.1) is 11.3 Å². The minimum atomic E-state index is 0.0682. The van der Waals surface area contributed by atoms with Gasteiger partial charge in [0.2, 0.25) is 0 Å². The Bertz CT molecular complexity index is 931. The summed E-state index contributed by atoms with van der Waals surface area (Å²) in [5.41, 5.74) is 1.45. The molecule has 0 unspecified atom stereocenters. The molecule has 142 valence electrons. The summed E-state index contributed by atoms with van der Waals surface area (Å²) in [6.45, 7) is 6.66. The van der Waals surface area contributed by atoms with Crippen LogP contribution in [0.4, 0.5) is 5.82 Å². The molecule has 2 N–H and O–H groups in total. The predicted octanol–water partition coefficient (Wildman–Crippen LogP) is 2.36. The SMILES string of the molecule is C[C@@H](Nc1nc(C[NH+]2CCOCC2)nc2sc3c(c12)CCC3)c1ccco1. The van der Waals surface area contributed by atoms with Crippen molar-refractivity contribution in [1.82, 2.24) is 9.97 Å². The Morgan fingerprint density at radius 3 is 2.96 bits per heavy atom. The molecular weight excluding hydrogens is 360 g/mol. The average Bonchev–Trinajstić information content (AvgIpc) is 3.39. The van der Waals surface area contributed by atoms with Crippen molar-refractivity contribution >= 4 is 27.4 Å². The number of rotatable bonds is 5. The zero-order valence-corrected chi connectivity index (χ0v) is 16.4. The van der Waals surface area contributed by atoms with Crippen molar-refractivity contribution in [3.8, 4) is 0 Å². The summed E-state index contributed by atoms with van der Waals surface area (Å²) in [5, 5.41) is 4.84.